The number of aliphatic hydroxyl groups is 1. The summed E-state index contributed by atoms with van der Waals surface area (Å²) in [5.74, 6) is -0.682. The van der Waals surface area contributed by atoms with Crippen LogP contribution in [0.2, 0.25) is 0 Å². The molecule has 1 aliphatic rings. The molecule has 24 heavy (non-hydrogen) atoms. The predicted molar refractivity (Wildman–Crippen MR) is 84.7 cm³/mol. The molecule has 3 N–H and O–H groups in total. The van der Waals surface area contributed by atoms with Gasteiger partial charge in [-0.05, 0) is 19.9 Å². The SMILES string of the molecule is CC(=O)Nc1cc2c(cc1[N+](=O)[O-])OC(C)(C)C(O)C2NC(C)=O. The molecular weight excluding hydrogens is 318 g/mol. The number of nitro groups is 1. The first-order chi connectivity index (χ1) is 11.0. The summed E-state index contributed by atoms with van der Waals surface area (Å²) in [6.07, 6.45) is -1.08. The fourth-order valence-corrected chi connectivity index (χ4v) is 2.65. The maximum atomic E-state index is 11.5. The Morgan fingerprint density at radius 1 is 1.29 bits per heavy atom. The lowest BCUT2D eigenvalue weighted by molar-refractivity contribution is -0.384. The zero-order valence-corrected chi connectivity index (χ0v) is 13.7. The van der Waals surface area contributed by atoms with E-state index in [4.69, 9.17) is 4.74 Å². The summed E-state index contributed by atoms with van der Waals surface area (Å²) in [5.41, 5.74) is -1.08. The van der Waals surface area contributed by atoms with Gasteiger partial charge < -0.3 is 20.5 Å². The van der Waals surface area contributed by atoms with Crippen LogP contribution >= 0.6 is 0 Å². The fraction of sp³-hybridized carbons (Fsp3) is 0.467. The van der Waals surface area contributed by atoms with Crippen LogP contribution in [-0.2, 0) is 9.59 Å². The van der Waals surface area contributed by atoms with Gasteiger partial charge in [0.05, 0.1) is 17.0 Å². The molecule has 9 heteroatoms. The van der Waals surface area contributed by atoms with E-state index in [1.807, 2.05) is 0 Å². The van der Waals surface area contributed by atoms with Gasteiger partial charge in [-0.25, -0.2) is 0 Å². The van der Waals surface area contributed by atoms with Gasteiger partial charge in [0.1, 0.15) is 23.1 Å². The fourth-order valence-electron chi connectivity index (χ4n) is 2.65. The van der Waals surface area contributed by atoms with Crippen molar-refractivity contribution in [2.24, 2.45) is 0 Å². The lowest BCUT2D eigenvalue weighted by atomic mass is 9.86. The highest BCUT2D eigenvalue weighted by Gasteiger charge is 2.44. The number of nitro benzene ring substituents is 1. The third-order valence-corrected chi connectivity index (χ3v) is 3.73. The van der Waals surface area contributed by atoms with Crippen LogP contribution in [0.15, 0.2) is 12.1 Å². The molecule has 1 aliphatic heterocycles. The monoisotopic (exact) mass is 337 g/mol. The highest BCUT2D eigenvalue weighted by atomic mass is 16.6. The van der Waals surface area contributed by atoms with E-state index in [2.05, 4.69) is 10.6 Å². The maximum absolute atomic E-state index is 11.5. The average molecular weight is 337 g/mol. The van der Waals surface area contributed by atoms with Gasteiger partial charge in [-0.15, -0.1) is 0 Å². The number of nitrogens with zero attached hydrogens (tertiary/aromatic N) is 1. The van der Waals surface area contributed by atoms with E-state index in [1.165, 1.54) is 26.0 Å². The van der Waals surface area contributed by atoms with Gasteiger partial charge in [0.2, 0.25) is 11.8 Å². The highest BCUT2D eigenvalue weighted by molar-refractivity contribution is 5.92. The molecule has 9 nitrogen and oxygen atoms in total. The number of ether oxygens (including phenoxy) is 1. The molecule has 0 saturated heterocycles. The van der Waals surface area contributed by atoms with Gasteiger partial charge in [0.25, 0.3) is 5.69 Å². The molecule has 0 fully saturated rings. The minimum Gasteiger partial charge on any atom is -0.484 e. The lowest BCUT2D eigenvalue weighted by Crippen LogP contribution is -2.53. The van der Waals surface area contributed by atoms with E-state index in [-0.39, 0.29) is 23.0 Å². The Morgan fingerprint density at radius 2 is 1.92 bits per heavy atom. The molecule has 2 amide bonds. The quantitative estimate of drug-likeness (QED) is 0.562. The number of amides is 2. The van der Waals surface area contributed by atoms with E-state index in [0.29, 0.717) is 5.56 Å². The predicted octanol–water partition coefficient (Wildman–Crippen LogP) is 1.26. The number of carbonyl (C=O) groups is 2. The molecule has 0 spiro atoms. The third kappa shape index (κ3) is 3.30. The minimum atomic E-state index is -1.08. The molecule has 2 atom stereocenters. The van der Waals surface area contributed by atoms with Crippen molar-refractivity contribution in [3.05, 3.63) is 27.8 Å². The summed E-state index contributed by atoms with van der Waals surface area (Å²) in [5, 5.41) is 26.7. The van der Waals surface area contributed by atoms with E-state index >= 15 is 0 Å². The van der Waals surface area contributed by atoms with Crippen LogP contribution in [0.25, 0.3) is 0 Å². The zero-order valence-electron chi connectivity index (χ0n) is 13.7. The number of nitrogens with one attached hydrogen (secondary N) is 2. The molecule has 1 aromatic carbocycles. The van der Waals surface area contributed by atoms with Crippen LogP contribution in [0.1, 0.15) is 39.3 Å². The topological polar surface area (TPSA) is 131 Å². The van der Waals surface area contributed by atoms with Crippen LogP contribution in [0, 0.1) is 10.1 Å². The first-order valence-electron chi connectivity index (χ1n) is 7.27. The van der Waals surface area contributed by atoms with Crippen LogP contribution < -0.4 is 15.4 Å². The number of hydrogen-bond acceptors (Lipinski definition) is 6. The van der Waals surface area contributed by atoms with Crippen LogP contribution in [0.4, 0.5) is 11.4 Å². The third-order valence-electron chi connectivity index (χ3n) is 3.73. The second kappa shape index (κ2) is 6.08. The van der Waals surface area contributed by atoms with Gasteiger partial charge in [-0.3, -0.25) is 19.7 Å². The lowest BCUT2D eigenvalue weighted by Gasteiger charge is -2.42. The van der Waals surface area contributed by atoms with Crippen molar-refractivity contribution in [2.75, 3.05) is 5.32 Å². The first-order valence-corrected chi connectivity index (χ1v) is 7.27. The number of anilines is 1. The van der Waals surface area contributed by atoms with Crippen molar-refractivity contribution in [3.8, 4) is 5.75 Å². The molecule has 130 valence electrons. The van der Waals surface area contributed by atoms with Crippen LogP contribution in [-0.4, -0.2) is 33.5 Å². The number of benzene rings is 1. The molecular formula is C15H19N3O6. The minimum absolute atomic E-state index is 0.0305. The van der Waals surface area contributed by atoms with Crippen molar-refractivity contribution in [1.29, 1.82) is 0 Å². The maximum Gasteiger partial charge on any atom is 0.296 e. The Morgan fingerprint density at radius 3 is 2.42 bits per heavy atom. The van der Waals surface area contributed by atoms with E-state index in [0.717, 1.165) is 0 Å². The molecule has 0 saturated carbocycles. The molecule has 0 aromatic heterocycles. The molecule has 0 radical (unpaired) electrons. The van der Waals surface area contributed by atoms with E-state index < -0.39 is 28.6 Å². The van der Waals surface area contributed by atoms with Gasteiger partial charge in [-0.1, -0.05) is 0 Å². The summed E-state index contributed by atoms with van der Waals surface area (Å²) < 4.78 is 5.68. The van der Waals surface area contributed by atoms with Crippen LogP contribution in [0.5, 0.6) is 5.75 Å². The smallest absolute Gasteiger partial charge is 0.296 e. The van der Waals surface area contributed by atoms with E-state index in [1.54, 1.807) is 13.8 Å². The average Bonchev–Trinajstić information content (AvgIpc) is 2.42. The Balaban J connectivity index is 2.64. The normalized spacial score (nSPS) is 21.2. The second-order valence-corrected chi connectivity index (χ2v) is 6.17. The Kier molecular flexibility index (Phi) is 4.48. The van der Waals surface area contributed by atoms with Crippen molar-refractivity contribution in [1.82, 2.24) is 5.32 Å². The Bertz CT molecular complexity index is 715. The summed E-state index contributed by atoms with van der Waals surface area (Å²) >= 11 is 0. The van der Waals surface area contributed by atoms with Gasteiger partial charge >= 0.3 is 0 Å². The van der Waals surface area contributed by atoms with Crippen molar-refractivity contribution < 1.29 is 24.4 Å². The van der Waals surface area contributed by atoms with Gasteiger partial charge in [0, 0.05) is 19.4 Å². The van der Waals surface area contributed by atoms with Crippen molar-refractivity contribution >= 4 is 23.2 Å². The van der Waals surface area contributed by atoms with Crippen molar-refractivity contribution in [2.45, 2.75) is 45.4 Å². The Labute approximate surface area is 138 Å². The Hall–Kier alpha value is -2.68. The molecule has 0 aliphatic carbocycles. The van der Waals surface area contributed by atoms with Gasteiger partial charge in [0.15, 0.2) is 0 Å². The zero-order chi connectivity index (χ0) is 18.2. The highest BCUT2D eigenvalue weighted by Crippen LogP contribution is 2.44. The summed E-state index contributed by atoms with van der Waals surface area (Å²) in [6, 6.07) is 1.70. The molecule has 1 heterocycles. The number of hydrogen-bond donors (Lipinski definition) is 3. The standard InChI is InChI=1S/C15H19N3O6/c1-7(19)16-10-5-9-12(6-11(10)18(22)23)24-15(3,4)14(21)13(9)17-8(2)20/h5-6,13-14,21H,1-4H3,(H,16,19)(H,17,20). The molecule has 0 bridgehead atoms. The summed E-state index contributed by atoms with van der Waals surface area (Å²) in [7, 11) is 0. The van der Waals surface area contributed by atoms with Crippen LogP contribution in [0.3, 0.4) is 0 Å². The molecule has 1 aromatic rings. The number of rotatable bonds is 3. The number of carbonyl (C=O) groups excluding carboxylic acids is 2. The summed E-state index contributed by atoms with van der Waals surface area (Å²) in [6.45, 7) is 5.75. The van der Waals surface area contributed by atoms with E-state index in [9.17, 15) is 24.8 Å². The number of aliphatic hydroxyl groups excluding tert-OH is 1. The molecule has 2 unspecified atom stereocenters. The van der Waals surface area contributed by atoms with Gasteiger partial charge in [-0.2, -0.15) is 0 Å². The first kappa shape index (κ1) is 17.7. The number of fused-ring (bicyclic) bond motifs is 1. The second-order valence-electron chi connectivity index (χ2n) is 6.17. The largest absolute Gasteiger partial charge is 0.484 e. The van der Waals surface area contributed by atoms with Crippen molar-refractivity contribution in [3.63, 3.8) is 0 Å². The summed E-state index contributed by atoms with van der Waals surface area (Å²) in [4.78, 5) is 33.4. The molecule has 2 rings (SSSR count).